The first-order valence-corrected chi connectivity index (χ1v) is 6.32. The average molecular weight is 368 g/mol. The van der Waals surface area contributed by atoms with Crippen LogP contribution in [-0.2, 0) is 11.0 Å². The van der Waals surface area contributed by atoms with Crippen LogP contribution in [0.3, 0.4) is 0 Å². The lowest BCUT2D eigenvalue weighted by Gasteiger charge is -2.13. The van der Waals surface area contributed by atoms with Gasteiger partial charge in [0, 0.05) is 6.07 Å². The molecule has 0 N–H and O–H groups in total. The van der Waals surface area contributed by atoms with E-state index in [4.69, 9.17) is 16.3 Å². The van der Waals surface area contributed by atoms with Gasteiger partial charge in [-0.25, -0.2) is 18.0 Å². The molecular weight excluding hydrogens is 364 g/mol. The van der Waals surface area contributed by atoms with Gasteiger partial charge < -0.3 is 4.74 Å². The van der Waals surface area contributed by atoms with Gasteiger partial charge in [-0.3, -0.25) is 0 Å². The zero-order chi connectivity index (χ0) is 18.1. The predicted octanol–water partition coefficient (Wildman–Crippen LogP) is 5.54. The van der Waals surface area contributed by atoms with Crippen molar-refractivity contribution >= 4 is 23.4 Å². The minimum Gasteiger partial charge on any atom is -0.450 e. The van der Waals surface area contributed by atoms with Gasteiger partial charge in [0.05, 0.1) is 10.6 Å². The molecule has 0 amide bonds. The van der Waals surface area contributed by atoms with E-state index in [0.717, 1.165) is 12.1 Å². The number of aliphatic imine (C=N–C) groups is 1. The highest BCUT2D eigenvalue weighted by atomic mass is 35.5. The van der Waals surface area contributed by atoms with Gasteiger partial charge in [0.2, 0.25) is 6.08 Å². The highest BCUT2D eigenvalue weighted by molar-refractivity contribution is 6.32. The Bertz CT molecular complexity index is 823. The van der Waals surface area contributed by atoms with Crippen molar-refractivity contribution in [2.45, 2.75) is 6.18 Å². The minimum absolute atomic E-state index is 0.0281. The third kappa shape index (κ3) is 3.69. The zero-order valence-corrected chi connectivity index (χ0v) is 12.0. The Hall–Kier alpha value is -2.51. The average Bonchev–Trinajstić information content (AvgIpc) is 2.46. The van der Waals surface area contributed by atoms with E-state index in [1.165, 1.54) is 0 Å². The summed E-state index contributed by atoms with van der Waals surface area (Å²) >= 11 is 5.63. The number of alkyl halides is 3. The summed E-state index contributed by atoms with van der Waals surface area (Å²) in [6, 6.07) is 1.44. The van der Waals surface area contributed by atoms with Gasteiger partial charge in [-0.05, 0) is 18.2 Å². The molecule has 2 rings (SSSR count). The molecule has 3 nitrogen and oxygen atoms in total. The topological polar surface area (TPSA) is 38.7 Å². The molecule has 0 radical (unpaired) electrons. The quantitative estimate of drug-likeness (QED) is 0.406. The molecule has 0 aromatic heterocycles. The van der Waals surface area contributed by atoms with Crippen LogP contribution in [0, 0.1) is 17.5 Å². The third-order valence-corrected chi connectivity index (χ3v) is 3.00. The van der Waals surface area contributed by atoms with Crippen LogP contribution in [-0.4, -0.2) is 6.08 Å². The summed E-state index contributed by atoms with van der Waals surface area (Å²) in [5.74, 6) is -6.04. The van der Waals surface area contributed by atoms with Crippen LogP contribution in [0.25, 0.3) is 0 Å². The summed E-state index contributed by atoms with van der Waals surface area (Å²) in [6.45, 7) is 0. The number of isocyanates is 1. The first kappa shape index (κ1) is 17.8. The second-order valence-electron chi connectivity index (χ2n) is 4.31. The van der Waals surface area contributed by atoms with E-state index >= 15 is 0 Å². The molecule has 0 aliphatic heterocycles. The van der Waals surface area contributed by atoms with Gasteiger partial charge in [0.25, 0.3) is 0 Å². The fraction of sp³-hybridized carbons (Fsp3) is 0.0714. The Labute approximate surface area is 135 Å². The molecule has 10 heteroatoms. The molecule has 0 bridgehead atoms. The van der Waals surface area contributed by atoms with Crippen molar-refractivity contribution in [2.24, 2.45) is 4.99 Å². The molecule has 0 saturated heterocycles. The van der Waals surface area contributed by atoms with E-state index in [-0.39, 0.29) is 12.1 Å². The van der Waals surface area contributed by atoms with Crippen LogP contribution < -0.4 is 4.74 Å². The van der Waals surface area contributed by atoms with Crippen molar-refractivity contribution in [2.75, 3.05) is 0 Å². The lowest BCUT2D eigenvalue weighted by Crippen LogP contribution is -2.07. The summed E-state index contributed by atoms with van der Waals surface area (Å²) in [7, 11) is 0. The molecule has 0 heterocycles. The normalized spacial score (nSPS) is 11.1. The Morgan fingerprint density at radius 3 is 2.08 bits per heavy atom. The second-order valence-corrected chi connectivity index (χ2v) is 4.71. The lowest BCUT2D eigenvalue weighted by atomic mass is 10.2. The van der Waals surface area contributed by atoms with Gasteiger partial charge in [0.1, 0.15) is 11.4 Å². The summed E-state index contributed by atoms with van der Waals surface area (Å²) < 4.78 is 83.0. The minimum atomic E-state index is -4.96. The highest BCUT2D eigenvalue weighted by Crippen LogP contribution is 2.39. The molecule has 0 fully saturated rings. The van der Waals surface area contributed by atoms with Gasteiger partial charge >= 0.3 is 6.18 Å². The number of benzene rings is 2. The standard InChI is InChI=1S/C14H4ClF6NO2/c15-7-3-8(16)11(22-5-23)4-12(7)24-13-9(17)1-6(2-10(13)18)14(19,20)21/h1-4H. The van der Waals surface area contributed by atoms with Crippen LogP contribution in [0.5, 0.6) is 11.5 Å². The van der Waals surface area contributed by atoms with E-state index in [1.54, 1.807) is 0 Å². The number of nitrogens with zero attached hydrogens (tertiary/aromatic N) is 1. The van der Waals surface area contributed by atoms with E-state index < -0.39 is 51.4 Å². The number of ether oxygens (including phenoxy) is 1. The fourth-order valence-corrected chi connectivity index (χ4v) is 1.85. The molecule has 0 aliphatic carbocycles. The van der Waals surface area contributed by atoms with E-state index in [2.05, 4.69) is 4.99 Å². The molecule has 24 heavy (non-hydrogen) atoms. The molecular formula is C14H4ClF6NO2. The molecule has 0 saturated carbocycles. The number of rotatable bonds is 3. The maximum absolute atomic E-state index is 13.7. The summed E-state index contributed by atoms with van der Waals surface area (Å²) in [5.41, 5.74) is -2.14. The van der Waals surface area contributed by atoms with Crippen LogP contribution in [0.1, 0.15) is 5.56 Å². The van der Waals surface area contributed by atoms with Crippen molar-refractivity contribution < 1.29 is 35.9 Å². The van der Waals surface area contributed by atoms with E-state index in [9.17, 15) is 31.1 Å². The maximum Gasteiger partial charge on any atom is 0.416 e. The second kappa shape index (κ2) is 6.54. The zero-order valence-electron chi connectivity index (χ0n) is 11.2. The lowest BCUT2D eigenvalue weighted by molar-refractivity contribution is -0.138. The first-order valence-electron chi connectivity index (χ1n) is 5.94. The van der Waals surface area contributed by atoms with Crippen molar-refractivity contribution in [3.8, 4) is 11.5 Å². The number of carbonyl (C=O) groups excluding carboxylic acids is 1. The SMILES string of the molecule is O=C=Nc1cc(Oc2c(F)cc(C(F)(F)F)cc2F)c(Cl)cc1F. The van der Waals surface area contributed by atoms with Crippen molar-refractivity contribution in [3.63, 3.8) is 0 Å². The third-order valence-electron chi connectivity index (χ3n) is 2.71. The Kier molecular flexibility index (Phi) is 4.86. The van der Waals surface area contributed by atoms with Crippen molar-refractivity contribution in [1.29, 1.82) is 0 Å². The monoisotopic (exact) mass is 367 g/mol. The van der Waals surface area contributed by atoms with E-state index in [1.807, 2.05) is 0 Å². The van der Waals surface area contributed by atoms with Gasteiger partial charge in [-0.2, -0.15) is 18.2 Å². The smallest absolute Gasteiger partial charge is 0.416 e. The first-order chi connectivity index (χ1) is 11.1. The molecule has 0 unspecified atom stereocenters. The Morgan fingerprint density at radius 1 is 1.00 bits per heavy atom. The molecule has 0 aliphatic rings. The van der Waals surface area contributed by atoms with Crippen LogP contribution in [0.2, 0.25) is 5.02 Å². The molecule has 2 aromatic rings. The Morgan fingerprint density at radius 2 is 1.58 bits per heavy atom. The molecule has 2 aromatic carbocycles. The van der Waals surface area contributed by atoms with Crippen molar-refractivity contribution in [3.05, 3.63) is 52.3 Å². The Balaban J connectivity index is 2.49. The van der Waals surface area contributed by atoms with Gasteiger partial charge in [-0.1, -0.05) is 11.6 Å². The van der Waals surface area contributed by atoms with Crippen LogP contribution in [0.4, 0.5) is 32.0 Å². The summed E-state index contributed by atoms with van der Waals surface area (Å²) in [6.07, 6.45) is -3.91. The maximum atomic E-state index is 13.7. The number of hydrogen-bond donors (Lipinski definition) is 0. The molecule has 0 spiro atoms. The van der Waals surface area contributed by atoms with Crippen LogP contribution >= 0.6 is 11.6 Å². The highest BCUT2D eigenvalue weighted by Gasteiger charge is 2.33. The summed E-state index contributed by atoms with van der Waals surface area (Å²) in [4.78, 5) is 13.1. The van der Waals surface area contributed by atoms with Crippen LogP contribution in [0.15, 0.2) is 29.3 Å². The number of halogens is 7. The van der Waals surface area contributed by atoms with E-state index in [0.29, 0.717) is 6.07 Å². The largest absolute Gasteiger partial charge is 0.450 e. The number of hydrogen-bond acceptors (Lipinski definition) is 3. The molecule has 0 atom stereocenters. The molecule has 126 valence electrons. The fourth-order valence-electron chi connectivity index (χ4n) is 1.66. The van der Waals surface area contributed by atoms with Gasteiger partial charge in [-0.15, -0.1) is 0 Å². The van der Waals surface area contributed by atoms with Gasteiger partial charge in [0.15, 0.2) is 23.2 Å². The van der Waals surface area contributed by atoms with Crippen molar-refractivity contribution in [1.82, 2.24) is 0 Å². The predicted molar refractivity (Wildman–Crippen MR) is 70.6 cm³/mol. The summed E-state index contributed by atoms with van der Waals surface area (Å²) in [5, 5.41) is -0.448.